The molecule has 2 N–H and O–H groups in total. The maximum atomic E-state index is 11.2. The Hall–Kier alpha value is -1.10. The summed E-state index contributed by atoms with van der Waals surface area (Å²) in [6.45, 7) is 1.31. The van der Waals surface area contributed by atoms with Crippen LogP contribution in [-0.2, 0) is 14.3 Å². The highest BCUT2D eigenvalue weighted by Gasteiger charge is 2.29. The van der Waals surface area contributed by atoms with Gasteiger partial charge in [-0.05, 0) is 19.3 Å². The average molecular weight is 214 g/mol. The zero-order valence-corrected chi connectivity index (χ0v) is 9.04. The first kappa shape index (κ1) is 12.0. The van der Waals surface area contributed by atoms with Crippen molar-refractivity contribution >= 4 is 11.8 Å². The van der Waals surface area contributed by atoms with Crippen molar-refractivity contribution < 1.29 is 14.3 Å². The number of carbonyl (C=O) groups is 2. The van der Waals surface area contributed by atoms with Gasteiger partial charge in [0.05, 0.1) is 6.54 Å². The number of ether oxygens (including phenoxy) is 1. The Labute approximate surface area is 89.6 Å². The summed E-state index contributed by atoms with van der Waals surface area (Å²) in [5.41, 5.74) is 0. The maximum Gasteiger partial charge on any atom is 0.239 e. The smallest absolute Gasteiger partial charge is 0.239 e. The van der Waals surface area contributed by atoms with Gasteiger partial charge in [0.25, 0.3) is 0 Å². The first-order valence-corrected chi connectivity index (χ1v) is 5.27. The van der Waals surface area contributed by atoms with Gasteiger partial charge >= 0.3 is 0 Å². The molecule has 0 aromatic heterocycles. The predicted molar refractivity (Wildman–Crippen MR) is 55.2 cm³/mol. The molecule has 0 aliphatic heterocycles. The summed E-state index contributed by atoms with van der Waals surface area (Å²) in [7, 11) is 1.62. The second-order valence-corrected chi connectivity index (χ2v) is 3.69. The Morgan fingerprint density at radius 2 is 2.07 bits per heavy atom. The SMILES string of the molecule is COCCCNC(=O)CNC(=O)C1CC1. The quantitative estimate of drug-likeness (QED) is 0.570. The molecular weight excluding hydrogens is 196 g/mol. The molecule has 0 spiro atoms. The molecule has 0 atom stereocenters. The van der Waals surface area contributed by atoms with Gasteiger partial charge < -0.3 is 15.4 Å². The summed E-state index contributed by atoms with van der Waals surface area (Å²) in [4.78, 5) is 22.4. The van der Waals surface area contributed by atoms with Crippen molar-refractivity contribution in [3.63, 3.8) is 0 Å². The molecule has 1 aliphatic carbocycles. The van der Waals surface area contributed by atoms with Crippen molar-refractivity contribution in [1.29, 1.82) is 0 Å². The number of amides is 2. The second-order valence-electron chi connectivity index (χ2n) is 3.69. The number of rotatable bonds is 7. The molecule has 1 saturated carbocycles. The Morgan fingerprint density at radius 3 is 2.67 bits per heavy atom. The lowest BCUT2D eigenvalue weighted by molar-refractivity contribution is -0.126. The maximum absolute atomic E-state index is 11.2. The topological polar surface area (TPSA) is 67.4 Å². The van der Waals surface area contributed by atoms with Crippen LogP contribution in [0.4, 0.5) is 0 Å². The van der Waals surface area contributed by atoms with Gasteiger partial charge in [-0.2, -0.15) is 0 Å². The molecule has 1 fully saturated rings. The minimum atomic E-state index is -0.139. The monoisotopic (exact) mass is 214 g/mol. The average Bonchev–Trinajstić information content (AvgIpc) is 3.04. The normalized spacial score (nSPS) is 14.7. The third-order valence-electron chi connectivity index (χ3n) is 2.22. The minimum Gasteiger partial charge on any atom is -0.385 e. The summed E-state index contributed by atoms with van der Waals surface area (Å²) in [6, 6.07) is 0. The zero-order valence-electron chi connectivity index (χ0n) is 9.04. The number of nitrogens with one attached hydrogen (secondary N) is 2. The number of hydrogen-bond acceptors (Lipinski definition) is 3. The lowest BCUT2D eigenvalue weighted by atomic mass is 10.4. The van der Waals surface area contributed by atoms with Crippen LogP contribution in [0, 0.1) is 5.92 Å². The Balaban J connectivity index is 1.95. The Bertz CT molecular complexity index is 227. The summed E-state index contributed by atoms with van der Waals surface area (Å²) < 4.78 is 4.84. The fraction of sp³-hybridized carbons (Fsp3) is 0.800. The van der Waals surface area contributed by atoms with E-state index < -0.39 is 0 Å². The van der Waals surface area contributed by atoms with Crippen LogP contribution in [0.15, 0.2) is 0 Å². The summed E-state index contributed by atoms with van der Waals surface area (Å²) in [5.74, 6) is 0.0217. The highest BCUT2D eigenvalue weighted by Crippen LogP contribution is 2.28. The largest absolute Gasteiger partial charge is 0.385 e. The van der Waals surface area contributed by atoms with E-state index in [4.69, 9.17) is 4.74 Å². The Morgan fingerprint density at radius 1 is 1.33 bits per heavy atom. The van der Waals surface area contributed by atoms with Crippen LogP contribution < -0.4 is 10.6 Å². The molecule has 5 heteroatoms. The van der Waals surface area contributed by atoms with Crippen LogP contribution >= 0.6 is 0 Å². The van der Waals surface area contributed by atoms with Crippen LogP contribution in [0.25, 0.3) is 0 Å². The molecule has 15 heavy (non-hydrogen) atoms. The first-order valence-electron chi connectivity index (χ1n) is 5.27. The molecule has 5 nitrogen and oxygen atoms in total. The summed E-state index contributed by atoms with van der Waals surface area (Å²) in [5, 5.41) is 5.30. The van der Waals surface area contributed by atoms with Gasteiger partial charge in [0, 0.05) is 26.2 Å². The molecule has 0 radical (unpaired) electrons. The van der Waals surface area contributed by atoms with Crippen molar-refractivity contribution in [3.05, 3.63) is 0 Å². The van der Waals surface area contributed by atoms with Crippen LogP contribution in [0.3, 0.4) is 0 Å². The molecule has 0 aromatic rings. The van der Waals surface area contributed by atoms with Gasteiger partial charge in [0.1, 0.15) is 0 Å². The van der Waals surface area contributed by atoms with Gasteiger partial charge in [-0.3, -0.25) is 9.59 Å². The van der Waals surface area contributed by atoms with Gasteiger partial charge in [0.15, 0.2) is 0 Å². The summed E-state index contributed by atoms with van der Waals surface area (Å²) >= 11 is 0. The third kappa shape index (κ3) is 5.37. The third-order valence-corrected chi connectivity index (χ3v) is 2.22. The molecule has 0 bridgehead atoms. The summed E-state index contributed by atoms with van der Waals surface area (Å²) in [6.07, 6.45) is 2.71. The van der Waals surface area contributed by atoms with E-state index in [0.717, 1.165) is 19.3 Å². The van der Waals surface area contributed by atoms with E-state index >= 15 is 0 Å². The molecular formula is C10H18N2O3. The van der Waals surface area contributed by atoms with Crippen LogP contribution in [0.5, 0.6) is 0 Å². The second kappa shape index (κ2) is 6.40. The number of carbonyl (C=O) groups excluding carboxylic acids is 2. The van der Waals surface area contributed by atoms with E-state index in [0.29, 0.717) is 13.2 Å². The standard InChI is InChI=1S/C10H18N2O3/c1-15-6-2-5-11-9(13)7-12-10(14)8-3-4-8/h8H,2-7H2,1H3,(H,11,13)(H,12,14). The first-order chi connectivity index (χ1) is 7.24. The van der Waals surface area contributed by atoms with E-state index in [9.17, 15) is 9.59 Å². The highest BCUT2D eigenvalue weighted by molar-refractivity contribution is 5.86. The van der Waals surface area contributed by atoms with Crippen LogP contribution in [-0.4, -0.2) is 38.6 Å². The fourth-order valence-electron chi connectivity index (χ4n) is 1.16. The van der Waals surface area contributed by atoms with Gasteiger partial charge in [0.2, 0.25) is 11.8 Å². The van der Waals surface area contributed by atoms with E-state index in [1.165, 1.54) is 0 Å². The van der Waals surface area contributed by atoms with E-state index in [2.05, 4.69) is 10.6 Å². The molecule has 1 rings (SSSR count). The van der Waals surface area contributed by atoms with E-state index in [-0.39, 0.29) is 24.3 Å². The molecule has 0 unspecified atom stereocenters. The number of methoxy groups -OCH3 is 1. The van der Waals surface area contributed by atoms with Gasteiger partial charge in [-0.1, -0.05) is 0 Å². The molecule has 0 aromatic carbocycles. The van der Waals surface area contributed by atoms with Crippen LogP contribution in [0.1, 0.15) is 19.3 Å². The molecule has 2 amide bonds. The zero-order chi connectivity index (χ0) is 11.1. The molecule has 1 aliphatic rings. The molecule has 0 heterocycles. The van der Waals surface area contributed by atoms with Crippen molar-refractivity contribution in [2.24, 2.45) is 5.92 Å². The van der Waals surface area contributed by atoms with Gasteiger partial charge in [-0.25, -0.2) is 0 Å². The van der Waals surface area contributed by atoms with Crippen molar-refractivity contribution in [3.8, 4) is 0 Å². The van der Waals surface area contributed by atoms with E-state index in [1.807, 2.05) is 0 Å². The van der Waals surface area contributed by atoms with Crippen molar-refractivity contribution in [2.45, 2.75) is 19.3 Å². The van der Waals surface area contributed by atoms with Gasteiger partial charge in [-0.15, -0.1) is 0 Å². The highest BCUT2D eigenvalue weighted by atomic mass is 16.5. The van der Waals surface area contributed by atoms with E-state index in [1.54, 1.807) is 7.11 Å². The lowest BCUT2D eigenvalue weighted by Crippen LogP contribution is -2.38. The molecule has 0 saturated heterocycles. The number of hydrogen-bond donors (Lipinski definition) is 2. The van der Waals surface area contributed by atoms with Crippen LogP contribution in [0.2, 0.25) is 0 Å². The van der Waals surface area contributed by atoms with Crippen molar-refractivity contribution in [1.82, 2.24) is 10.6 Å². The minimum absolute atomic E-state index is 0.00189. The molecule has 86 valence electrons. The Kier molecular flexibility index (Phi) is 5.10. The predicted octanol–water partition coefficient (Wildman–Crippen LogP) is -0.335. The van der Waals surface area contributed by atoms with Crippen molar-refractivity contribution in [2.75, 3.05) is 26.8 Å². The lowest BCUT2D eigenvalue weighted by Gasteiger charge is -2.05. The fourth-order valence-corrected chi connectivity index (χ4v) is 1.16.